The van der Waals surface area contributed by atoms with Crippen molar-refractivity contribution in [3.05, 3.63) is 53.3 Å². The topological polar surface area (TPSA) is 92.2 Å². The number of pyridine rings is 1. The Hall–Kier alpha value is -3.42. The summed E-state index contributed by atoms with van der Waals surface area (Å²) in [5, 5.41) is 5.09. The van der Waals surface area contributed by atoms with Crippen LogP contribution >= 0.6 is 0 Å². The number of carbonyl (C=O) groups excluding carboxylic acids is 2. The van der Waals surface area contributed by atoms with Gasteiger partial charge >= 0.3 is 0 Å². The van der Waals surface area contributed by atoms with Crippen molar-refractivity contribution in [1.29, 1.82) is 0 Å². The van der Waals surface area contributed by atoms with Gasteiger partial charge in [-0.3, -0.25) is 20.4 Å². The zero-order chi connectivity index (χ0) is 21.4. The molecule has 2 heterocycles. The van der Waals surface area contributed by atoms with E-state index in [4.69, 9.17) is 4.98 Å². The average Bonchev–Trinajstić information content (AvgIpc) is 3.49. The fraction of sp³-hybridized carbons (Fsp3) is 0.364. The molecule has 8 nitrogen and oxygen atoms in total. The number of nitrogens with zero attached hydrogens (tertiary/aromatic N) is 4. The third-order valence-electron chi connectivity index (χ3n) is 5.23. The SMILES string of the molecule is CC(C)n1ncc2c(C(=O)NNC(=O)c3cccc(N(C)C)c3)cc(C3CC3)nc21. The van der Waals surface area contributed by atoms with Gasteiger partial charge in [-0.05, 0) is 51.0 Å². The second kappa shape index (κ2) is 7.78. The number of aromatic nitrogens is 3. The van der Waals surface area contributed by atoms with E-state index in [0.717, 1.165) is 24.2 Å². The highest BCUT2D eigenvalue weighted by atomic mass is 16.2. The monoisotopic (exact) mass is 406 g/mol. The quantitative estimate of drug-likeness (QED) is 0.636. The van der Waals surface area contributed by atoms with E-state index in [1.807, 2.05) is 49.7 Å². The van der Waals surface area contributed by atoms with Crippen LogP contribution in [0.25, 0.3) is 11.0 Å². The predicted octanol–water partition coefficient (Wildman–Crippen LogP) is 3.03. The molecule has 30 heavy (non-hydrogen) atoms. The summed E-state index contributed by atoms with van der Waals surface area (Å²) in [5.74, 6) is -0.373. The summed E-state index contributed by atoms with van der Waals surface area (Å²) in [6.45, 7) is 4.06. The molecule has 1 saturated carbocycles. The summed E-state index contributed by atoms with van der Waals surface area (Å²) in [6.07, 6.45) is 3.82. The number of hydrogen-bond acceptors (Lipinski definition) is 5. The number of nitrogens with one attached hydrogen (secondary N) is 2. The van der Waals surface area contributed by atoms with Crippen molar-refractivity contribution in [3.8, 4) is 0 Å². The Bertz CT molecular complexity index is 1110. The van der Waals surface area contributed by atoms with E-state index < -0.39 is 0 Å². The number of fused-ring (bicyclic) bond motifs is 1. The molecule has 0 radical (unpaired) electrons. The molecule has 3 aromatic rings. The summed E-state index contributed by atoms with van der Waals surface area (Å²) < 4.78 is 1.82. The minimum atomic E-state index is -0.385. The van der Waals surface area contributed by atoms with Crippen LogP contribution in [0.1, 0.15) is 65.1 Å². The van der Waals surface area contributed by atoms with Crippen LogP contribution < -0.4 is 15.8 Å². The molecule has 0 spiro atoms. The number of rotatable bonds is 5. The molecule has 0 unspecified atom stereocenters. The van der Waals surface area contributed by atoms with Crippen LogP contribution in [0.5, 0.6) is 0 Å². The molecule has 4 rings (SSSR count). The van der Waals surface area contributed by atoms with Crippen LogP contribution in [-0.2, 0) is 0 Å². The Balaban J connectivity index is 1.57. The summed E-state index contributed by atoms with van der Waals surface area (Å²) in [5.41, 5.74) is 8.50. The van der Waals surface area contributed by atoms with Crippen LogP contribution in [0.15, 0.2) is 36.5 Å². The maximum Gasteiger partial charge on any atom is 0.270 e. The van der Waals surface area contributed by atoms with Gasteiger partial charge in [-0.1, -0.05) is 6.07 Å². The Morgan fingerprint density at radius 1 is 1.13 bits per heavy atom. The molecule has 2 N–H and O–H groups in total. The third-order valence-corrected chi connectivity index (χ3v) is 5.23. The largest absolute Gasteiger partial charge is 0.378 e. The van der Waals surface area contributed by atoms with Crippen molar-refractivity contribution >= 4 is 28.5 Å². The lowest BCUT2D eigenvalue weighted by atomic mass is 10.1. The zero-order valence-corrected chi connectivity index (χ0v) is 17.6. The second-order valence-electron chi connectivity index (χ2n) is 8.14. The fourth-order valence-corrected chi connectivity index (χ4v) is 3.37. The second-order valence-corrected chi connectivity index (χ2v) is 8.14. The fourth-order valence-electron chi connectivity index (χ4n) is 3.37. The molecule has 1 aliphatic carbocycles. The standard InChI is InChI=1S/C22H26N6O2/c1-13(2)28-20-18(12-23-28)17(11-19(24-20)14-8-9-14)22(30)26-25-21(29)15-6-5-7-16(10-15)27(3)4/h5-7,10-14H,8-9H2,1-4H3,(H,25,29)(H,26,30). The number of benzene rings is 1. The summed E-state index contributed by atoms with van der Waals surface area (Å²) in [6, 6.07) is 9.14. The number of hydrazine groups is 1. The first kappa shape index (κ1) is 19.9. The Kier molecular flexibility index (Phi) is 5.15. The van der Waals surface area contributed by atoms with Gasteiger partial charge in [-0.25, -0.2) is 9.67 Å². The number of amides is 2. The minimum Gasteiger partial charge on any atom is -0.378 e. The lowest BCUT2D eigenvalue weighted by Crippen LogP contribution is -2.41. The maximum absolute atomic E-state index is 12.9. The first-order valence-electron chi connectivity index (χ1n) is 10.1. The van der Waals surface area contributed by atoms with Gasteiger partial charge in [0, 0.05) is 43.0 Å². The number of carbonyl (C=O) groups is 2. The molecule has 0 bridgehead atoms. The zero-order valence-electron chi connectivity index (χ0n) is 17.6. The van der Waals surface area contributed by atoms with E-state index in [2.05, 4.69) is 16.0 Å². The molecule has 2 amide bonds. The smallest absolute Gasteiger partial charge is 0.270 e. The highest BCUT2D eigenvalue weighted by Crippen LogP contribution is 2.40. The van der Waals surface area contributed by atoms with Gasteiger partial charge in [0.15, 0.2) is 5.65 Å². The molecule has 156 valence electrons. The van der Waals surface area contributed by atoms with Crippen LogP contribution in [0.4, 0.5) is 5.69 Å². The van der Waals surface area contributed by atoms with E-state index in [0.29, 0.717) is 28.1 Å². The molecular weight excluding hydrogens is 380 g/mol. The molecule has 1 aliphatic rings. The van der Waals surface area contributed by atoms with E-state index in [9.17, 15) is 9.59 Å². The third kappa shape index (κ3) is 3.85. The van der Waals surface area contributed by atoms with Gasteiger partial charge in [0.2, 0.25) is 0 Å². The Morgan fingerprint density at radius 2 is 1.87 bits per heavy atom. The molecule has 0 atom stereocenters. The van der Waals surface area contributed by atoms with Crippen molar-refractivity contribution in [2.75, 3.05) is 19.0 Å². The van der Waals surface area contributed by atoms with Gasteiger partial charge in [-0.15, -0.1) is 0 Å². The lowest BCUT2D eigenvalue weighted by Gasteiger charge is -2.14. The first-order chi connectivity index (χ1) is 14.3. The number of anilines is 1. The van der Waals surface area contributed by atoms with Gasteiger partial charge in [0.05, 0.1) is 17.1 Å². The summed E-state index contributed by atoms with van der Waals surface area (Å²) >= 11 is 0. The van der Waals surface area contributed by atoms with E-state index in [-0.39, 0.29) is 17.9 Å². The van der Waals surface area contributed by atoms with Crippen LogP contribution in [0, 0.1) is 0 Å². The molecule has 1 aromatic carbocycles. The molecule has 0 aliphatic heterocycles. The molecule has 0 saturated heterocycles. The van der Waals surface area contributed by atoms with Crippen molar-refractivity contribution < 1.29 is 9.59 Å². The summed E-state index contributed by atoms with van der Waals surface area (Å²) in [7, 11) is 3.81. The van der Waals surface area contributed by atoms with Crippen LogP contribution in [0.3, 0.4) is 0 Å². The van der Waals surface area contributed by atoms with Crippen LogP contribution in [-0.4, -0.2) is 40.7 Å². The van der Waals surface area contributed by atoms with Crippen molar-refractivity contribution in [2.24, 2.45) is 0 Å². The normalized spacial score (nSPS) is 13.5. The maximum atomic E-state index is 12.9. The van der Waals surface area contributed by atoms with E-state index in [1.54, 1.807) is 24.4 Å². The molecule has 2 aromatic heterocycles. The first-order valence-corrected chi connectivity index (χ1v) is 10.1. The summed E-state index contributed by atoms with van der Waals surface area (Å²) in [4.78, 5) is 32.1. The van der Waals surface area contributed by atoms with Crippen molar-refractivity contribution in [2.45, 2.75) is 38.6 Å². The average molecular weight is 406 g/mol. The minimum absolute atomic E-state index is 0.129. The van der Waals surface area contributed by atoms with Gasteiger partial charge in [0.25, 0.3) is 11.8 Å². The molecule has 8 heteroatoms. The van der Waals surface area contributed by atoms with Crippen molar-refractivity contribution in [3.63, 3.8) is 0 Å². The highest BCUT2D eigenvalue weighted by molar-refractivity contribution is 6.06. The molecular formula is C22H26N6O2. The Labute approximate surface area is 175 Å². The van der Waals surface area contributed by atoms with Crippen LogP contribution in [0.2, 0.25) is 0 Å². The molecule has 1 fully saturated rings. The predicted molar refractivity (Wildman–Crippen MR) is 116 cm³/mol. The Morgan fingerprint density at radius 3 is 2.53 bits per heavy atom. The van der Waals surface area contributed by atoms with Gasteiger partial charge in [-0.2, -0.15) is 5.10 Å². The van der Waals surface area contributed by atoms with E-state index >= 15 is 0 Å². The highest BCUT2D eigenvalue weighted by Gasteiger charge is 2.28. The number of hydrogen-bond donors (Lipinski definition) is 2. The lowest BCUT2D eigenvalue weighted by molar-refractivity contribution is 0.0847. The van der Waals surface area contributed by atoms with E-state index in [1.165, 1.54) is 0 Å². The van der Waals surface area contributed by atoms with Crippen molar-refractivity contribution in [1.82, 2.24) is 25.6 Å². The van der Waals surface area contributed by atoms with Gasteiger partial charge in [0.1, 0.15) is 0 Å². The van der Waals surface area contributed by atoms with Gasteiger partial charge < -0.3 is 4.90 Å².